The molecule has 1 N–H and O–H groups in total. The fraction of sp³-hybridized carbons (Fsp3) is 0.278. The summed E-state index contributed by atoms with van der Waals surface area (Å²) in [6, 6.07) is 7.80. The van der Waals surface area contributed by atoms with Gasteiger partial charge < -0.3 is 10.1 Å². The van der Waals surface area contributed by atoms with E-state index in [4.69, 9.17) is 4.74 Å². The molecular weight excluding hydrogens is 344 g/mol. The standard InChI is InChI=1S/C18H20N8O/c1-11-5-12(2)25-18(21-11)14(10-20-25)9-19-15-6-16(8-17(7-15)27-4)26-13(3)22-23-24-26/h5-8,10,19H,9H2,1-4H3. The Hall–Kier alpha value is -3.49. The zero-order valence-electron chi connectivity index (χ0n) is 15.6. The van der Waals surface area contributed by atoms with E-state index in [9.17, 15) is 0 Å². The minimum absolute atomic E-state index is 0.584. The average Bonchev–Trinajstić information content (AvgIpc) is 3.26. The largest absolute Gasteiger partial charge is 0.497 e. The van der Waals surface area contributed by atoms with Crippen molar-refractivity contribution in [3.05, 3.63) is 53.2 Å². The van der Waals surface area contributed by atoms with E-state index in [0.717, 1.165) is 39.7 Å². The van der Waals surface area contributed by atoms with Crippen molar-refractivity contribution < 1.29 is 4.74 Å². The van der Waals surface area contributed by atoms with Gasteiger partial charge in [-0.15, -0.1) is 5.10 Å². The summed E-state index contributed by atoms with van der Waals surface area (Å²) in [5.74, 6) is 1.42. The van der Waals surface area contributed by atoms with Crippen LogP contribution in [0.2, 0.25) is 0 Å². The molecule has 0 aliphatic rings. The van der Waals surface area contributed by atoms with Gasteiger partial charge in [-0.2, -0.15) is 9.78 Å². The maximum Gasteiger partial charge on any atom is 0.160 e. The highest BCUT2D eigenvalue weighted by molar-refractivity contribution is 5.58. The lowest BCUT2D eigenvalue weighted by Gasteiger charge is -2.11. The summed E-state index contributed by atoms with van der Waals surface area (Å²) in [4.78, 5) is 4.62. The molecule has 0 saturated heterocycles. The van der Waals surface area contributed by atoms with Crippen LogP contribution in [0, 0.1) is 20.8 Å². The van der Waals surface area contributed by atoms with E-state index in [-0.39, 0.29) is 0 Å². The molecule has 0 saturated carbocycles. The summed E-state index contributed by atoms with van der Waals surface area (Å²) < 4.78 is 8.94. The normalized spacial score (nSPS) is 11.1. The second-order valence-corrected chi connectivity index (χ2v) is 6.36. The van der Waals surface area contributed by atoms with Crippen molar-refractivity contribution in [3.8, 4) is 11.4 Å². The Labute approximate surface area is 156 Å². The van der Waals surface area contributed by atoms with Gasteiger partial charge in [0.25, 0.3) is 0 Å². The van der Waals surface area contributed by atoms with Crippen LogP contribution in [0.25, 0.3) is 11.3 Å². The van der Waals surface area contributed by atoms with Crippen molar-refractivity contribution in [3.63, 3.8) is 0 Å². The third-order valence-corrected chi connectivity index (χ3v) is 4.33. The van der Waals surface area contributed by atoms with Crippen LogP contribution in [0.4, 0.5) is 5.69 Å². The predicted molar refractivity (Wildman–Crippen MR) is 100 cm³/mol. The highest BCUT2D eigenvalue weighted by Gasteiger charge is 2.11. The minimum atomic E-state index is 0.584. The number of hydrogen-bond donors (Lipinski definition) is 1. The maximum atomic E-state index is 5.42. The molecule has 3 aromatic heterocycles. The number of fused-ring (bicyclic) bond motifs is 1. The number of nitrogens with zero attached hydrogens (tertiary/aromatic N) is 7. The third kappa shape index (κ3) is 3.19. The molecule has 9 heteroatoms. The van der Waals surface area contributed by atoms with Gasteiger partial charge >= 0.3 is 0 Å². The first-order valence-corrected chi connectivity index (χ1v) is 8.54. The van der Waals surface area contributed by atoms with Gasteiger partial charge in [-0.3, -0.25) is 0 Å². The van der Waals surface area contributed by atoms with Crippen LogP contribution >= 0.6 is 0 Å². The molecule has 0 aliphatic heterocycles. The maximum absolute atomic E-state index is 5.42. The number of methoxy groups -OCH3 is 1. The van der Waals surface area contributed by atoms with E-state index in [2.05, 4.69) is 30.9 Å². The van der Waals surface area contributed by atoms with E-state index in [1.807, 2.05) is 55.7 Å². The molecule has 1 aromatic carbocycles. The van der Waals surface area contributed by atoms with Gasteiger partial charge in [0.15, 0.2) is 11.5 Å². The molecule has 4 aromatic rings. The van der Waals surface area contributed by atoms with Crippen molar-refractivity contribution in [2.24, 2.45) is 0 Å². The molecule has 0 amide bonds. The predicted octanol–water partition coefficient (Wildman–Crippen LogP) is 2.25. The summed E-state index contributed by atoms with van der Waals surface area (Å²) in [6.07, 6.45) is 1.84. The lowest BCUT2D eigenvalue weighted by molar-refractivity contribution is 0.414. The summed E-state index contributed by atoms with van der Waals surface area (Å²) in [5.41, 5.74) is 5.62. The molecule has 0 fully saturated rings. The number of aromatic nitrogens is 7. The second kappa shape index (κ2) is 6.67. The Morgan fingerprint density at radius 1 is 1.11 bits per heavy atom. The molecule has 0 spiro atoms. The van der Waals surface area contributed by atoms with Crippen LogP contribution in [-0.2, 0) is 6.54 Å². The number of nitrogens with one attached hydrogen (secondary N) is 1. The van der Waals surface area contributed by atoms with Gasteiger partial charge in [-0.25, -0.2) is 9.50 Å². The zero-order chi connectivity index (χ0) is 19.0. The van der Waals surface area contributed by atoms with E-state index in [1.54, 1.807) is 11.8 Å². The number of ether oxygens (including phenoxy) is 1. The lowest BCUT2D eigenvalue weighted by atomic mass is 10.2. The van der Waals surface area contributed by atoms with Gasteiger partial charge in [0.1, 0.15) is 5.75 Å². The average molecular weight is 364 g/mol. The molecule has 4 rings (SSSR count). The first kappa shape index (κ1) is 17.0. The van der Waals surface area contributed by atoms with Gasteiger partial charge in [0.2, 0.25) is 0 Å². The Bertz CT molecular complexity index is 1110. The number of rotatable bonds is 5. The van der Waals surface area contributed by atoms with E-state index in [1.165, 1.54) is 0 Å². The molecule has 0 bridgehead atoms. The summed E-state index contributed by atoms with van der Waals surface area (Å²) in [6.45, 7) is 6.44. The van der Waals surface area contributed by atoms with Crippen molar-refractivity contribution in [2.45, 2.75) is 27.3 Å². The fourth-order valence-corrected chi connectivity index (χ4v) is 3.03. The highest BCUT2D eigenvalue weighted by Crippen LogP contribution is 2.24. The van der Waals surface area contributed by atoms with Gasteiger partial charge in [0, 0.05) is 41.3 Å². The van der Waals surface area contributed by atoms with Crippen molar-refractivity contribution >= 4 is 11.3 Å². The molecule has 9 nitrogen and oxygen atoms in total. The molecule has 27 heavy (non-hydrogen) atoms. The number of anilines is 1. The third-order valence-electron chi connectivity index (χ3n) is 4.33. The second-order valence-electron chi connectivity index (χ2n) is 6.36. The smallest absolute Gasteiger partial charge is 0.160 e. The summed E-state index contributed by atoms with van der Waals surface area (Å²) >= 11 is 0. The quantitative estimate of drug-likeness (QED) is 0.580. The van der Waals surface area contributed by atoms with Gasteiger partial charge in [-0.05, 0) is 43.3 Å². The molecular formula is C18H20N8O. The Morgan fingerprint density at radius 2 is 1.96 bits per heavy atom. The SMILES string of the molecule is COc1cc(NCc2cnn3c(C)cc(C)nc23)cc(-n2nnnc2C)c1. The monoisotopic (exact) mass is 364 g/mol. The lowest BCUT2D eigenvalue weighted by Crippen LogP contribution is -2.04. The van der Waals surface area contributed by atoms with E-state index in [0.29, 0.717) is 12.4 Å². The molecule has 0 aliphatic carbocycles. The first-order valence-electron chi connectivity index (χ1n) is 8.54. The van der Waals surface area contributed by atoms with Crippen LogP contribution in [0.15, 0.2) is 30.5 Å². The molecule has 0 atom stereocenters. The molecule has 3 heterocycles. The van der Waals surface area contributed by atoms with E-state index < -0.39 is 0 Å². The summed E-state index contributed by atoms with van der Waals surface area (Å²) in [5, 5.41) is 19.5. The first-order chi connectivity index (χ1) is 13.0. The van der Waals surface area contributed by atoms with Crippen molar-refractivity contribution in [2.75, 3.05) is 12.4 Å². The molecule has 0 unspecified atom stereocenters. The minimum Gasteiger partial charge on any atom is -0.497 e. The fourth-order valence-electron chi connectivity index (χ4n) is 3.03. The van der Waals surface area contributed by atoms with Crippen LogP contribution in [0.1, 0.15) is 22.8 Å². The number of hydrogen-bond acceptors (Lipinski definition) is 7. The van der Waals surface area contributed by atoms with E-state index >= 15 is 0 Å². The van der Waals surface area contributed by atoms with Crippen molar-refractivity contribution in [1.82, 2.24) is 34.8 Å². The van der Waals surface area contributed by atoms with Gasteiger partial charge in [0.05, 0.1) is 19.0 Å². The Balaban J connectivity index is 1.64. The van der Waals surface area contributed by atoms with Crippen LogP contribution in [0.5, 0.6) is 5.75 Å². The van der Waals surface area contributed by atoms with Crippen molar-refractivity contribution in [1.29, 1.82) is 0 Å². The molecule has 138 valence electrons. The van der Waals surface area contributed by atoms with Crippen LogP contribution in [0.3, 0.4) is 0 Å². The number of tetrazole rings is 1. The van der Waals surface area contributed by atoms with Crippen LogP contribution < -0.4 is 10.1 Å². The highest BCUT2D eigenvalue weighted by atomic mass is 16.5. The topological polar surface area (TPSA) is 95.1 Å². The zero-order valence-corrected chi connectivity index (χ0v) is 15.6. The Morgan fingerprint density at radius 3 is 2.70 bits per heavy atom. The summed E-state index contributed by atoms with van der Waals surface area (Å²) in [7, 11) is 1.63. The van der Waals surface area contributed by atoms with Crippen LogP contribution in [-0.4, -0.2) is 41.9 Å². The number of aryl methyl sites for hydroxylation is 3. The Kier molecular flexibility index (Phi) is 4.19. The number of benzene rings is 1. The molecule has 0 radical (unpaired) electrons. The van der Waals surface area contributed by atoms with Gasteiger partial charge in [-0.1, -0.05) is 0 Å².